The van der Waals surface area contributed by atoms with Gasteiger partial charge in [0.25, 0.3) is 10.0 Å². The number of rotatable bonds is 12. The molecule has 0 saturated carbocycles. The normalized spacial score (nSPS) is 11.9. The number of anilines is 1. The number of nitrogens with one attached hydrogen (secondary N) is 1. The van der Waals surface area contributed by atoms with Gasteiger partial charge >= 0.3 is 0 Å². The van der Waals surface area contributed by atoms with Crippen LogP contribution in [-0.4, -0.2) is 57.9 Å². The van der Waals surface area contributed by atoms with Gasteiger partial charge in [0, 0.05) is 13.6 Å². The number of nitrogens with zero attached hydrogens (tertiary/aromatic N) is 2. The summed E-state index contributed by atoms with van der Waals surface area (Å²) < 4.78 is 33.9. The molecule has 1 atom stereocenters. The first-order valence-corrected chi connectivity index (χ1v) is 13.6. The van der Waals surface area contributed by atoms with Crippen LogP contribution in [0.1, 0.15) is 19.4 Å². The number of amides is 2. The van der Waals surface area contributed by atoms with Crippen molar-refractivity contribution < 1.29 is 22.7 Å². The molecule has 9 heteroatoms. The first-order chi connectivity index (χ1) is 17.8. The van der Waals surface area contributed by atoms with E-state index in [9.17, 15) is 18.0 Å². The summed E-state index contributed by atoms with van der Waals surface area (Å²) in [4.78, 5) is 27.7. The molecule has 3 aromatic rings. The predicted octanol–water partition coefficient (Wildman–Crippen LogP) is 3.49. The zero-order chi connectivity index (χ0) is 26.8. The van der Waals surface area contributed by atoms with E-state index in [4.69, 9.17) is 4.74 Å². The maximum atomic E-state index is 13.7. The van der Waals surface area contributed by atoms with E-state index in [1.807, 2.05) is 37.3 Å². The lowest BCUT2D eigenvalue weighted by atomic mass is 10.1. The van der Waals surface area contributed by atoms with Gasteiger partial charge in [0.15, 0.2) is 0 Å². The Balaban J connectivity index is 1.96. The molecule has 2 amide bonds. The van der Waals surface area contributed by atoms with Crippen LogP contribution in [0.2, 0.25) is 0 Å². The van der Waals surface area contributed by atoms with E-state index in [0.29, 0.717) is 24.5 Å². The van der Waals surface area contributed by atoms with Gasteiger partial charge in [0.2, 0.25) is 11.8 Å². The minimum absolute atomic E-state index is 0.0619. The highest BCUT2D eigenvalue weighted by Crippen LogP contribution is 2.26. The van der Waals surface area contributed by atoms with Crippen molar-refractivity contribution >= 4 is 27.5 Å². The van der Waals surface area contributed by atoms with Crippen LogP contribution < -0.4 is 14.4 Å². The summed E-state index contributed by atoms with van der Waals surface area (Å²) in [5, 5.41) is 2.58. The van der Waals surface area contributed by atoms with E-state index in [1.54, 1.807) is 49.4 Å². The van der Waals surface area contributed by atoms with Gasteiger partial charge in [-0.2, -0.15) is 0 Å². The minimum atomic E-state index is -4.08. The Hall–Kier alpha value is -3.85. The summed E-state index contributed by atoms with van der Waals surface area (Å²) in [6.45, 7) is 3.74. The summed E-state index contributed by atoms with van der Waals surface area (Å²) in [6.07, 6.45) is 0.516. The average Bonchev–Trinajstić information content (AvgIpc) is 2.93. The van der Waals surface area contributed by atoms with Gasteiger partial charge in [0.1, 0.15) is 18.3 Å². The highest BCUT2D eigenvalue weighted by molar-refractivity contribution is 7.92. The lowest BCUT2D eigenvalue weighted by molar-refractivity contribution is -0.138. The van der Waals surface area contributed by atoms with Crippen LogP contribution in [-0.2, 0) is 26.0 Å². The quantitative estimate of drug-likeness (QED) is 0.392. The van der Waals surface area contributed by atoms with Crippen molar-refractivity contribution in [2.24, 2.45) is 0 Å². The third-order valence-electron chi connectivity index (χ3n) is 5.94. The number of sulfonamides is 1. The van der Waals surface area contributed by atoms with Gasteiger partial charge in [-0.25, -0.2) is 8.42 Å². The van der Waals surface area contributed by atoms with E-state index in [-0.39, 0.29) is 17.3 Å². The van der Waals surface area contributed by atoms with Gasteiger partial charge in [0.05, 0.1) is 17.2 Å². The fourth-order valence-electron chi connectivity index (χ4n) is 3.90. The average molecular weight is 524 g/mol. The van der Waals surface area contributed by atoms with Crippen molar-refractivity contribution in [3.63, 3.8) is 0 Å². The van der Waals surface area contributed by atoms with Crippen LogP contribution in [0.5, 0.6) is 5.75 Å². The molecule has 0 aliphatic rings. The third-order valence-corrected chi connectivity index (χ3v) is 7.73. The molecule has 196 valence electrons. The molecule has 0 aliphatic carbocycles. The first kappa shape index (κ1) is 27.7. The smallest absolute Gasteiger partial charge is 0.264 e. The van der Waals surface area contributed by atoms with Gasteiger partial charge in [-0.1, -0.05) is 48.5 Å². The van der Waals surface area contributed by atoms with Crippen LogP contribution in [0, 0.1) is 0 Å². The maximum absolute atomic E-state index is 13.7. The molecule has 0 spiro atoms. The van der Waals surface area contributed by atoms with Crippen molar-refractivity contribution in [3.05, 3.63) is 90.5 Å². The molecular formula is C28H33N3O5S. The van der Waals surface area contributed by atoms with E-state index < -0.39 is 28.5 Å². The second-order valence-electron chi connectivity index (χ2n) is 8.36. The lowest BCUT2D eigenvalue weighted by Gasteiger charge is -2.31. The zero-order valence-corrected chi connectivity index (χ0v) is 22.1. The van der Waals surface area contributed by atoms with Crippen LogP contribution in [0.15, 0.2) is 89.8 Å². The Bertz CT molecular complexity index is 1270. The lowest BCUT2D eigenvalue weighted by Crippen LogP contribution is -2.51. The maximum Gasteiger partial charge on any atom is 0.264 e. The van der Waals surface area contributed by atoms with Gasteiger partial charge in [-0.05, 0) is 62.2 Å². The number of benzene rings is 3. The van der Waals surface area contributed by atoms with E-state index in [0.717, 1.165) is 9.87 Å². The molecule has 0 bridgehead atoms. The topological polar surface area (TPSA) is 96.0 Å². The Labute approximate surface area is 218 Å². The molecule has 0 unspecified atom stereocenters. The molecule has 0 heterocycles. The summed E-state index contributed by atoms with van der Waals surface area (Å²) >= 11 is 0. The number of hydrogen-bond acceptors (Lipinski definition) is 5. The largest absolute Gasteiger partial charge is 0.494 e. The Morgan fingerprint density at radius 1 is 0.919 bits per heavy atom. The zero-order valence-electron chi connectivity index (χ0n) is 21.3. The Morgan fingerprint density at radius 3 is 2.08 bits per heavy atom. The molecule has 0 aromatic heterocycles. The molecule has 37 heavy (non-hydrogen) atoms. The minimum Gasteiger partial charge on any atom is -0.494 e. The van der Waals surface area contributed by atoms with Crippen LogP contribution in [0.25, 0.3) is 0 Å². The second-order valence-corrected chi connectivity index (χ2v) is 10.2. The van der Waals surface area contributed by atoms with Gasteiger partial charge in [-0.3, -0.25) is 13.9 Å². The molecule has 0 saturated heterocycles. The molecule has 0 aliphatic heterocycles. The summed E-state index contributed by atoms with van der Waals surface area (Å²) in [5.74, 6) is -0.229. The highest BCUT2D eigenvalue weighted by Gasteiger charge is 2.32. The molecule has 0 radical (unpaired) electrons. The number of ether oxygens (including phenoxy) is 1. The van der Waals surface area contributed by atoms with Gasteiger partial charge < -0.3 is 15.0 Å². The fraction of sp³-hybridized carbons (Fsp3) is 0.286. The standard InChI is InChI=1S/C28H33N3O5S/c1-4-36-25-17-15-24(16-18-25)31(37(34,35)26-13-9-6-10-14-26)21-27(32)30(22(2)28(33)29-3)20-19-23-11-7-5-8-12-23/h5-18,22H,4,19-21H2,1-3H3,(H,29,33)/t22-/m1/s1. The van der Waals surface area contributed by atoms with Crippen LogP contribution in [0.3, 0.4) is 0 Å². The van der Waals surface area contributed by atoms with Crippen LogP contribution >= 0.6 is 0 Å². The monoisotopic (exact) mass is 523 g/mol. The molecule has 3 aromatic carbocycles. The highest BCUT2D eigenvalue weighted by atomic mass is 32.2. The Morgan fingerprint density at radius 2 is 1.51 bits per heavy atom. The van der Waals surface area contributed by atoms with Crippen molar-refractivity contribution in [1.29, 1.82) is 0 Å². The number of carbonyl (C=O) groups is 2. The molecular weight excluding hydrogens is 490 g/mol. The third kappa shape index (κ3) is 7.10. The number of likely N-dealkylation sites (N-methyl/N-ethyl adjacent to an activating group) is 1. The Kier molecular flexibility index (Phi) is 9.68. The summed E-state index contributed by atoms with van der Waals surface area (Å²) in [6, 6.07) is 23.3. The second kappa shape index (κ2) is 12.9. The SMILES string of the molecule is CCOc1ccc(N(CC(=O)N(CCc2ccccc2)[C@H](C)C(=O)NC)S(=O)(=O)c2ccccc2)cc1. The van der Waals surface area contributed by atoms with Gasteiger partial charge in [-0.15, -0.1) is 0 Å². The van der Waals surface area contributed by atoms with Crippen LogP contribution in [0.4, 0.5) is 5.69 Å². The van der Waals surface area contributed by atoms with E-state index in [2.05, 4.69) is 5.32 Å². The summed E-state index contributed by atoms with van der Waals surface area (Å²) in [7, 11) is -2.58. The first-order valence-electron chi connectivity index (χ1n) is 12.1. The molecule has 0 fully saturated rings. The molecule has 1 N–H and O–H groups in total. The van der Waals surface area contributed by atoms with E-state index >= 15 is 0 Å². The summed E-state index contributed by atoms with van der Waals surface area (Å²) in [5.41, 5.74) is 1.32. The van der Waals surface area contributed by atoms with Crippen molar-refractivity contribution in [2.75, 3.05) is 31.0 Å². The number of carbonyl (C=O) groups excluding carboxylic acids is 2. The van der Waals surface area contributed by atoms with Crippen molar-refractivity contribution in [3.8, 4) is 5.75 Å². The van der Waals surface area contributed by atoms with E-state index in [1.165, 1.54) is 24.1 Å². The van der Waals surface area contributed by atoms with Crippen molar-refractivity contribution in [1.82, 2.24) is 10.2 Å². The molecule has 8 nitrogen and oxygen atoms in total. The molecule has 3 rings (SSSR count). The predicted molar refractivity (Wildman–Crippen MR) is 144 cm³/mol. The van der Waals surface area contributed by atoms with Crippen molar-refractivity contribution in [2.45, 2.75) is 31.2 Å². The number of hydrogen-bond donors (Lipinski definition) is 1. The fourth-order valence-corrected chi connectivity index (χ4v) is 5.34.